The molecule has 0 fully saturated rings. The van der Waals surface area contributed by atoms with Crippen LogP contribution in [-0.4, -0.2) is 28.4 Å². The smallest absolute Gasteiger partial charge is 0.111 e. The second kappa shape index (κ2) is 13.7. The van der Waals surface area contributed by atoms with E-state index in [2.05, 4.69) is 189 Å². The van der Waals surface area contributed by atoms with E-state index in [0.29, 0.717) is 6.54 Å². The number of allylic oxidation sites excluding steroid dienone is 5. The van der Waals surface area contributed by atoms with Crippen LogP contribution in [0.2, 0.25) is 0 Å². The quantitative estimate of drug-likeness (QED) is 0.113. The lowest BCUT2D eigenvalue weighted by Crippen LogP contribution is -2.48. The molecule has 6 aromatic carbocycles. The number of nitrogens with zero attached hydrogens (tertiary/aromatic N) is 2. The zero-order valence-corrected chi connectivity index (χ0v) is 30.0. The number of rotatable bonds is 9. The van der Waals surface area contributed by atoms with Crippen molar-refractivity contribution in [1.82, 2.24) is 25.1 Å². The molecule has 54 heavy (non-hydrogen) atoms. The second-order valence-corrected chi connectivity index (χ2v) is 14.4. The number of fused-ring (bicyclic) bond motifs is 7. The van der Waals surface area contributed by atoms with Crippen molar-refractivity contribution in [3.8, 4) is 5.69 Å². The number of benzene rings is 6. The molecule has 0 bridgehead atoms. The zero-order valence-electron chi connectivity index (χ0n) is 30.0. The van der Waals surface area contributed by atoms with Gasteiger partial charge in [-0.15, -0.1) is 0 Å². The average Bonchev–Trinajstić information content (AvgIpc) is 3.74. The van der Waals surface area contributed by atoms with Gasteiger partial charge in [-0.25, -0.2) is 0 Å². The lowest BCUT2D eigenvalue weighted by Gasteiger charge is -2.29. The topological polar surface area (TPSA) is 72.0 Å². The van der Waals surface area contributed by atoms with Gasteiger partial charge in [0.05, 0.1) is 34.4 Å². The molecule has 1 aliphatic heterocycles. The molecule has 2 aromatic heterocycles. The van der Waals surface area contributed by atoms with E-state index in [1.54, 1.807) is 0 Å². The molecule has 0 saturated carbocycles. The number of nitrogens with one attached hydrogen (secondary N) is 3. The maximum Gasteiger partial charge on any atom is 0.111 e. The SMILES string of the molecule is NC(NC(NCC1=CC=CCC1)c1cccc2ccccc12)C1=CC=C(n2c3ccccc3c3cc4c5ccccc5n(-c5ccccc5)c4cc32)NC1. The van der Waals surface area contributed by atoms with Crippen molar-refractivity contribution in [2.75, 3.05) is 13.1 Å². The Balaban J connectivity index is 1.03. The van der Waals surface area contributed by atoms with E-state index in [4.69, 9.17) is 5.73 Å². The lowest BCUT2D eigenvalue weighted by atomic mass is 10.0. The van der Waals surface area contributed by atoms with E-state index in [0.717, 1.165) is 42.0 Å². The summed E-state index contributed by atoms with van der Waals surface area (Å²) >= 11 is 0. The van der Waals surface area contributed by atoms with Gasteiger partial charge in [0.1, 0.15) is 5.82 Å². The molecule has 0 saturated heterocycles. The summed E-state index contributed by atoms with van der Waals surface area (Å²) in [6.07, 6.45) is 12.7. The highest BCUT2D eigenvalue weighted by atomic mass is 15.2. The van der Waals surface area contributed by atoms with Gasteiger partial charge in [-0.3, -0.25) is 15.2 Å². The molecule has 8 aromatic rings. The third kappa shape index (κ3) is 5.63. The van der Waals surface area contributed by atoms with Crippen LogP contribution in [-0.2, 0) is 0 Å². The third-order valence-corrected chi connectivity index (χ3v) is 11.2. The minimum absolute atomic E-state index is 0.139. The summed E-state index contributed by atoms with van der Waals surface area (Å²) in [6.45, 7) is 1.42. The summed E-state index contributed by atoms with van der Waals surface area (Å²) in [4.78, 5) is 0. The number of para-hydroxylation sites is 3. The minimum Gasteiger partial charge on any atom is -0.367 e. The van der Waals surface area contributed by atoms with E-state index in [1.807, 2.05) is 0 Å². The van der Waals surface area contributed by atoms with Crippen LogP contribution in [0.1, 0.15) is 24.6 Å². The molecule has 0 amide bonds. The van der Waals surface area contributed by atoms with Gasteiger partial charge in [0.25, 0.3) is 0 Å². The van der Waals surface area contributed by atoms with Crippen molar-refractivity contribution in [2.24, 2.45) is 5.73 Å². The molecular formula is C48H42N6. The number of hydrogen-bond donors (Lipinski definition) is 4. The summed E-state index contributed by atoms with van der Waals surface area (Å²) in [6, 6.07) is 47.9. The van der Waals surface area contributed by atoms with E-state index in [-0.39, 0.29) is 12.3 Å². The van der Waals surface area contributed by atoms with Gasteiger partial charge in [0, 0.05) is 40.3 Å². The zero-order chi connectivity index (χ0) is 36.0. The normalized spacial score (nSPS) is 15.8. The van der Waals surface area contributed by atoms with Crippen LogP contribution in [0.5, 0.6) is 0 Å². The Kier molecular flexibility index (Phi) is 8.22. The van der Waals surface area contributed by atoms with Gasteiger partial charge in [0.15, 0.2) is 0 Å². The van der Waals surface area contributed by atoms with Gasteiger partial charge in [-0.1, -0.05) is 127 Å². The summed E-state index contributed by atoms with van der Waals surface area (Å²) in [7, 11) is 0. The van der Waals surface area contributed by atoms with Gasteiger partial charge >= 0.3 is 0 Å². The predicted octanol–water partition coefficient (Wildman–Crippen LogP) is 9.81. The molecule has 0 spiro atoms. The van der Waals surface area contributed by atoms with Gasteiger partial charge in [-0.05, 0) is 77.2 Å². The maximum absolute atomic E-state index is 7.03. The lowest BCUT2D eigenvalue weighted by molar-refractivity contribution is 0.413. The Hall–Kier alpha value is -6.18. The Morgan fingerprint density at radius 1 is 0.630 bits per heavy atom. The Morgan fingerprint density at radius 2 is 1.31 bits per heavy atom. The van der Waals surface area contributed by atoms with E-state index >= 15 is 0 Å². The van der Waals surface area contributed by atoms with E-state index < -0.39 is 0 Å². The fourth-order valence-electron chi connectivity index (χ4n) is 8.49. The highest BCUT2D eigenvalue weighted by Crippen LogP contribution is 2.39. The summed E-state index contributed by atoms with van der Waals surface area (Å²) in [5, 5.41) is 18.8. The monoisotopic (exact) mass is 702 g/mol. The highest BCUT2D eigenvalue weighted by Gasteiger charge is 2.23. The van der Waals surface area contributed by atoms with E-state index in [1.165, 1.54) is 60.0 Å². The molecule has 2 atom stereocenters. The number of nitrogens with two attached hydrogens (primary N) is 1. The molecule has 3 heterocycles. The van der Waals surface area contributed by atoms with Crippen molar-refractivity contribution in [3.63, 3.8) is 0 Å². The molecule has 10 rings (SSSR count). The Bertz CT molecular complexity index is 2830. The van der Waals surface area contributed by atoms with Crippen LogP contribution < -0.4 is 21.7 Å². The van der Waals surface area contributed by atoms with Crippen LogP contribution >= 0.6 is 0 Å². The Labute approximate surface area is 314 Å². The summed E-state index contributed by atoms with van der Waals surface area (Å²) < 4.78 is 4.76. The van der Waals surface area contributed by atoms with Gasteiger partial charge in [-0.2, -0.15) is 0 Å². The molecule has 264 valence electrons. The second-order valence-electron chi connectivity index (χ2n) is 14.4. The van der Waals surface area contributed by atoms with Crippen molar-refractivity contribution in [2.45, 2.75) is 25.2 Å². The molecule has 1 aliphatic carbocycles. The number of aromatic nitrogens is 2. The third-order valence-electron chi connectivity index (χ3n) is 11.2. The first-order valence-electron chi connectivity index (χ1n) is 19.0. The van der Waals surface area contributed by atoms with Crippen molar-refractivity contribution < 1.29 is 0 Å². The van der Waals surface area contributed by atoms with Gasteiger partial charge in [0.2, 0.25) is 0 Å². The maximum atomic E-state index is 7.03. The molecular weight excluding hydrogens is 661 g/mol. The fraction of sp³-hybridized carbons (Fsp3) is 0.125. The van der Waals surface area contributed by atoms with Gasteiger partial charge < -0.3 is 15.6 Å². The first-order chi connectivity index (χ1) is 26.7. The fourth-order valence-corrected chi connectivity index (χ4v) is 8.49. The number of dihydropyridines is 1. The van der Waals surface area contributed by atoms with Crippen LogP contribution in [0, 0.1) is 0 Å². The van der Waals surface area contributed by atoms with Crippen molar-refractivity contribution >= 4 is 60.2 Å². The standard InChI is InChI=1S/C48H42N6/c49-47(52-48(51-30-32-14-3-1-4-15-32)39-23-13-17-33-16-7-8-20-36(33)39)34-26-27-46(50-31-34)54-43-25-12-10-22-38(43)41-28-40-37-21-9-11-24-42(37)53(44(40)29-45(41)54)35-18-5-2-6-19-35/h1-3,5-14,16-29,47-48,50-52H,4,15,30-31,49H2. The largest absolute Gasteiger partial charge is 0.367 e. The first kappa shape index (κ1) is 32.5. The summed E-state index contributed by atoms with van der Waals surface area (Å²) in [5.41, 5.74) is 16.6. The highest BCUT2D eigenvalue weighted by molar-refractivity contribution is 6.19. The van der Waals surface area contributed by atoms with Crippen LogP contribution in [0.4, 0.5) is 0 Å². The Morgan fingerprint density at radius 3 is 2.06 bits per heavy atom. The van der Waals surface area contributed by atoms with Crippen molar-refractivity contribution in [1.29, 1.82) is 0 Å². The molecule has 5 N–H and O–H groups in total. The molecule has 6 heteroatoms. The number of hydrogen-bond acceptors (Lipinski definition) is 4. The molecule has 0 radical (unpaired) electrons. The van der Waals surface area contributed by atoms with Crippen LogP contribution in [0.15, 0.2) is 175 Å². The van der Waals surface area contributed by atoms with Crippen LogP contribution in [0.3, 0.4) is 0 Å². The molecule has 2 unspecified atom stereocenters. The molecule has 2 aliphatic rings. The van der Waals surface area contributed by atoms with Crippen LogP contribution in [0.25, 0.3) is 65.9 Å². The summed E-state index contributed by atoms with van der Waals surface area (Å²) in [5.74, 6) is 1.03. The molecule has 6 nitrogen and oxygen atoms in total. The predicted molar refractivity (Wildman–Crippen MR) is 226 cm³/mol. The average molecular weight is 703 g/mol. The minimum atomic E-state index is -0.369. The van der Waals surface area contributed by atoms with E-state index in [9.17, 15) is 0 Å². The van der Waals surface area contributed by atoms with Crippen molar-refractivity contribution in [3.05, 3.63) is 181 Å². The first-order valence-corrected chi connectivity index (χ1v) is 19.0.